The van der Waals surface area contributed by atoms with Crippen molar-refractivity contribution in [3.05, 3.63) is 57.4 Å². The second-order valence-electron chi connectivity index (χ2n) is 4.46. The Kier molecular flexibility index (Phi) is 4.07. The molecule has 1 heterocycles. The Morgan fingerprint density at radius 3 is 2.27 bits per heavy atom. The van der Waals surface area contributed by atoms with Crippen LogP contribution in [0.3, 0.4) is 0 Å². The number of alkyl halides is 3. The van der Waals surface area contributed by atoms with E-state index in [1.54, 1.807) is 12.1 Å². The Bertz CT molecular complexity index is 730. The Balaban J connectivity index is 2.76. The Morgan fingerprint density at radius 1 is 1.14 bits per heavy atom. The van der Waals surface area contributed by atoms with Crippen molar-refractivity contribution in [1.82, 2.24) is 5.32 Å². The van der Waals surface area contributed by atoms with Crippen LogP contribution < -0.4 is 11.1 Å². The van der Waals surface area contributed by atoms with Gasteiger partial charge in [-0.2, -0.15) is 23.7 Å². The minimum absolute atomic E-state index is 0.0287. The van der Waals surface area contributed by atoms with Crippen molar-refractivity contribution in [1.29, 1.82) is 10.5 Å². The van der Waals surface area contributed by atoms with Crippen molar-refractivity contribution >= 4 is 12.6 Å². The number of hydrogen-bond donors (Lipinski definition) is 3. The summed E-state index contributed by atoms with van der Waals surface area (Å²) in [4.78, 5) is 0. The number of nitrogens with two attached hydrogens (primary N) is 1. The number of benzene rings is 1. The molecule has 8 heteroatoms. The Labute approximate surface area is 129 Å². The first kappa shape index (κ1) is 15.8. The van der Waals surface area contributed by atoms with E-state index in [-0.39, 0.29) is 27.6 Å². The molecule has 22 heavy (non-hydrogen) atoms. The smallest absolute Gasteiger partial charge is 0.384 e. The molecule has 0 aliphatic carbocycles. The number of thiol groups is 1. The van der Waals surface area contributed by atoms with E-state index in [9.17, 15) is 23.7 Å². The number of halogens is 3. The van der Waals surface area contributed by atoms with E-state index in [0.717, 1.165) is 6.07 Å². The number of hydrogen-bond acceptors (Lipinski definition) is 5. The zero-order valence-corrected chi connectivity index (χ0v) is 11.8. The summed E-state index contributed by atoms with van der Waals surface area (Å²) in [5.41, 5.74) is 4.29. The number of nitriles is 2. The first-order valence-corrected chi connectivity index (χ1v) is 6.42. The topological polar surface area (TPSA) is 85.6 Å². The molecule has 0 radical (unpaired) electrons. The zero-order chi connectivity index (χ0) is 16.5. The number of dihydropyridines is 1. The maximum atomic E-state index is 13.2. The van der Waals surface area contributed by atoms with Crippen molar-refractivity contribution < 1.29 is 13.2 Å². The van der Waals surface area contributed by atoms with Gasteiger partial charge in [0.25, 0.3) is 0 Å². The van der Waals surface area contributed by atoms with Gasteiger partial charge >= 0.3 is 6.18 Å². The summed E-state index contributed by atoms with van der Waals surface area (Å²) in [6.45, 7) is 0. The molecule has 1 atom stereocenters. The minimum Gasteiger partial charge on any atom is -0.384 e. The van der Waals surface area contributed by atoms with Crippen LogP contribution in [0.1, 0.15) is 17.0 Å². The molecule has 0 saturated heterocycles. The third-order valence-electron chi connectivity index (χ3n) is 3.19. The molecule has 1 aromatic rings. The molecule has 112 valence electrons. The SMILES string of the molecule is N#CC1=C(N)NC(S)=C(C#N)[C@@H]1c1ccccc1C(F)(F)F. The summed E-state index contributed by atoms with van der Waals surface area (Å²) in [5.74, 6) is -1.32. The van der Waals surface area contributed by atoms with Crippen LogP contribution in [0, 0.1) is 22.7 Å². The largest absolute Gasteiger partial charge is 0.416 e. The summed E-state index contributed by atoms with van der Waals surface area (Å²) in [6, 6.07) is 8.34. The summed E-state index contributed by atoms with van der Waals surface area (Å²) in [5, 5.41) is 21.0. The van der Waals surface area contributed by atoms with Gasteiger partial charge in [0.15, 0.2) is 0 Å². The molecule has 0 bridgehead atoms. The molecule has 0 aromatic heterocycles. The van der Waals surface area contributed by atoms with E-state index in [4.69, 9.17) is 5.73 Å². The number of rotatable bonds is 1. The van der Waals surface area contributed by atoms with Crippen molar-refractivity contribution in [2.75, 3.05) is 0 Å². The average Bonchev–Trinajstić information content (AvgIpc) is 2.45. The lowest BCUT2D eigenvalue weighted by atomic mass is 9.82. The lowest BCUT2D eigenvalue weighted by molar-refractivity contribution is -0.138. The summed E-state index contributed by atoms with van der Waals surface area (Å²) in [7, 11) is 0. The van der Waals surface area contributed by atoms with Gasteiger partial charge in [0, 0.05) is 0 Å². The van der Waals surface area contributed by atoms with Gasteiger partial charge in [-0.05, 0) is 11.6 Å². The van der Waals surface area contributed by atoms with Gasteiger partial charge in [-0.15, -0.1) is 12.6 Å². The number of allylic oxidation sites excluding steroid dienone is 2. The van der Waals surface area contributed by atoms with E-state index < -0.39 is 17.7 Å². The molecule has 1 aromatic carbocycles. The fraction of sp³-hybridized carbons (Fsp3) is 0.143. The normalized spacial score (nSPS) is 18.5. The molecular weight excluding hydrogens is 313 g/mol. The molecule has 0 amide bonds. The maximum absolute atomic E-state index is 13.2. The average molecular weight is 322 g/mol. The standard InChI is InChI=1S/C14H9F3N4S/c15-14(16,17)10-4-2-1-3-7(10)11-8(5-18)12(20)21-13(22)9(11)6-19/h1-4,11,21-22H,20H2/t11-/m1/s1. The van der Waals surface area contributed by atoms with E-state index in [1.807, 2.05) is 0 Å². The number of nitrogens with zero attached hydrogens (tertiary/aromatic N) is 2. The summed E-state index contributed by atoms with van der Waals surface area (Å²) < 4.78 is 39.6. The molecule has 3 N–H and O–H groups in total. The molecule has 1 aliphatic heterocycles. The predicted molar refractivity (Wildman–Crippen MR) is 75.8 cm³/mol. The molecule has 0 spiro atoms. The highest BCUT2D eigenvalue weighted by molar-refractivity contribution is 7.84. The first-order valence-electron chi connectivity index (χ1n) is 5.97. The molecule has 0 fully saturated rings. The van der Waals surface area contributed by atoms with E-state index >= 15 is 0 Å². The van der Waals surface area contributed by atoms with Gasteiger partial charge < -0.3 is 11.1 Å². The van der Waals surface area contributed by atoms with Crippen LogP contribution in [0.4, 0.5) is 13.2 Å². The van der Waals surface area contributed by atoms with Gasteiger partial charge in [0.1, 0.15) is 5.82 Å². The third-order valence-corrected chi connectivity index (χ3v) is 3.55. The molecule has 2 rings (SSSR count). The van der Waals surface area contributed by atoms with Gasteiger partial charge in [-0.3, -0.25) is 0 Å². The van der Waals surface area contributed by atoms with Crippen LogP contribution in [0.15, 0.2) is 46.3 Å². The summed E-state index contributed by atoms with van der Waals surface area (Å²) in [6.07, 6.45) is -4.62. The van der Waals surface area contributed by atoms with E-state index in [2.05, 4.69) is 17.9 Å². The highest BCUT2D eigenvalue weighted by Crippen LogP contribution is 2.43. The van der Waals surface area contributed by atoms with Crippen molar-refractivity contribution in [3.8, 4) is 12.1 Å². The Hall–Kier alpha value is -2.58. The second-order valence-corrected chi connectivity index (χ2v) is 4.90. The van der Waals surface area contributed by atoms with Crippen molar-refractivity contribution in [2.45, 2.75) is 12.1 Å². The highest BCUT2D eigenvalue weighted by atomic mass is 32.1. The molecule has 0 unspecified atom stereocenters. The van der Waals surface area contributed by atoms with Gasteiger partial charge in [-0.25, -0.2) is 0 Å². The lowest BCUT2D eigenvalue weighted by Gasteiger charge is -2.27. The van der Waals surface area contributed by atoms with Gasteiger partial charge in [0.2, 0.25) is 0 Å². The molecular formula is C14H9F3N4S. The fourth-order valence-corrected chi connectivity index (χ4v) is 2.56. The van der Waals surface area contributed by atoms with Crippen LogP contribution in [-0.2, 0) is 6.18 Å². The van der Waals surface area contributed by atoms with Crippen LogP contribution in [0.2, 0.25) is 0 Å². The van der Waals surface area contributed by atoms with Crippen LogP contribution in [-0.4, -0.2) is 0 Å². The van der Waals surface area contributed by atoms with Crippen LogP contribution >= 0.6 is 12.6 Å². The van der Waals surface area contributed by atoms with E-state index in [1.165, 1.54) is 18.2 Å². The minimum atomic E-state index is -4.62. The quantitative estimate of drug-likeness (QED) is 0.694. The zero-order valence-electron chi connectivity index (χ0n) is 10.9. The second kappa shape index (κ2) is 5.66. The van der Waals surface area contributed by atoms with Gasteiger partial charge in [0.05, 0.1) is 39.8 Å². The fourth-order valence-electron chi connectivity index (χ4n) is 2.26. The number of nitrogens with one attached hydrogen (secondary N) is 1. The molecule has 4 nitrogen and oxygen atoms in total. The van der Waals surface area contributed by atoms with Gasteiger partial charge in [-0.1, -0.05) is 18.2 Å². The predicted octanol–water partition coefficient (Wildman–Crippen LogP) is 2.75. The monoisotopic (exact) mass is 322 g/mol. The highest BCUT2D eigenvalue weighted by Gasteiger charge is 2.39. The third kappa shape index (κ3) is 2.61. The van der Waals surface area contributed by atoms with Crippen LogP contribution in [0.5, 0.6) is 0 Å². The van der Waals surface area contributed by atoms with Crippen molar-refractivity contribution in [2.24, 2.45) is 5.73 Å². The molecule has 0 saturated carbocycles. The van der Waals surface area contributed by atoms with Crippen LogP contribution in [0.25, 0.3) is 0 Å². The maximum Gasteiger partial charge on any atom is 0.416 e. The van der Waals surface area contributed by atoms with Crippen molar-refractivity contribution in [3.63, 3.8) is 0 Å². The Morgan fingerprint density at radius 2 is 1.73 bits per heavy atom. The van der Waals surface area contributed by atoms with E-state index in [0.29, 0.717) is 0 Å². The lowest BCUT2D eigenvalue weighted by Crippen LogP contribution is -2.29. The first-order chi connectivity index (χ1) is 10.3. The molecule has 1 aliphatic rings. The summed E-state index contributed by atoms with van der Waals surface area (Å²) >= 11 is 4.03.